The van der Waals surface area contributed by atoms with E-state index in [0.717, 1.165) is 35.0 Å². The number of nitrogens with zero attached hydrogens (tertiary/aromatic N) is 3. The molecule has 4 aromatic rings. The fraction of sp³-hybridized carbons (Fsp3) is 0.267. The molecule has 7 heteroatoms. The summed E-state index contributed by atoms with van der Waals surface area (Å²) >= 11 is 5.91. The van der Waals surface area contributed by atoms with Gasteiger partial charge in [-0.3, -0.25) is 4.98 Å². The van der Waals surface area contributed by atoms with Crippen molar-refractivity contribution < 1.29 is 9.47 Å². The van der Waals surface area contributed by atoms with Crippen molar-refractivity contribution in [2.45, 2.75) is 39.4 Å². The van der Waals surface area contributed by atoms with E-state index in [4.69, 9.17) is 21.7 Å². The molecule has 37 heavy (non-hydrogen) atoms. The number of benzene rings is 2. The molecule has 1 fully saturated rings. The lowest BCUT2D eigenvalue weighted by Crippen LogP contribution is -2.29. The van der Waals surface area contributed by atoms with Crippen LogP contribution in [0.25, 0.3) is 0 Å². The van der Waals surface area contributed by atoms with Crippen LogP contribution < -0.4 is 15.0 Å². The molecule has 1 aliphatic heterocycles. The molecule has 2 aromatic carbocycles. The Labute approximate surface area is 223 Å². The lowest BCUT2D eigenvalue weighted by atomic mass is 9.96. The second kappa shape index (κ2) is 10.7. The summed E-state index contributed by atoms with van der Waals surface area (Å²) in [6, 6.07) is 24.3. The summed E-state index contributed by atoms with van der Waals surface area (Å²) in [7, 11) is 1.74. The van der Waals surface area contributed by atoms with E-state index in [9.17, 15) is 0 Å². The van der Waals surface area contributed by atoms with E-state index in [0.29, 0.717) is 11.7 Å². The normalized spacial score (nSPS) is 17.2. The Morgan fingerprint density at radius 1 is 0.973 bits per heavy atom. The molecular weight excluding hydrogens is 480 g/mol. The molecule has 0 bridgehead atoms. The number of rotatable bonds is 8. The number of aryl methyl sites for hydroxylation is 2. The minimum absolute atomic E-state index is 0.0620. The Morgan fingerprint density at radius 2 is 1.73 bits per heavy atom. The number of para-hydroxylation sites is 1. The number of hydrogen-bond acceptors (Lipinski definition) is 4. The first-order chi connectivity index (χ1) is 18.0. The minimum atomic E-state index is -0.0898. The van der Waals surface area contributed by atoms with Gasteiger partial charge in [0.2, 0.25) is 0 Å². The predicted molar refractivity (Wildman–Crippen MR) is 151 cm³/mol. The number of thiocarbonyl (C=S) groups is 1. The zero-order valence-electron chi connectivity index (χ0n) is 21.6. The molecule has 3 heterocycles. The standard InChI is InChI=1S/C30H32N4O2S/c1-20-9-5-6-11-27(20)36-24-14-12-23(13-15-24)34-29(25-19-21(2)33(22(25)3)17-18-35-4)28(32-30(34)37)26-10-7-8-16-31-26/h5-16,19,28-29H,17-18H2,1-4H3,(H,32,37). The highest BCUT2D eigenvalue weighted by Gasteiger charge is 2.42. The van der Waals surface area contributed by atoms with Gasteiger partial charge in [-0.25, -0.2) is 0 Å². The number of methoxy groups -OCH3 is 1. The fourth-order valence-electron chi connectivity index (χ4n) is 5.08. The molecular formula is C30H32N4O2S. The molecule has 2 unspecified atom stereocenters. The van der Waals surface area contributed by atoms with Crippen molar-refractivity contribution in [3.05, 3.63) is 107 Å². The Hall–Kier alpha value is -3.68. The molecule has 0 amide bonds. The van der Waals surface area contributed by atoms with Gasteiger partial charge in [-0.15, -0.1) is 0 Å². The van der Waals surface area contributed by atoms with Gasteiger partial charge in [0.25, 0.3) is 0 Å². The van der Waals surface area contributed by atoms with Crippen LogP contribution in [0.5, 0.6) is 11.5 Å². The summed E-state index contributed by atoms with van der Waals surface area (Å²) in [5, 5.41) is 4.23. The van der Waals surface area contributed by atoms with Crippen LogP contribution in [0, 0.1) is 20.8 Å². The maximum Gasteiger partial charge on any atom is 0.174 e. The number of pyridine rings is 1. The van der Waals surface area contributed by atoms with E-state index in [1.165, 1.54) is 17.0 Å². The first kappa shape index (κ1) is 25.0. The largest absolute Gasteiger partial charge is 0.457 e. The summed E-state index contributed by atoms with van der Waals surface area (Å²) in [6.45, 7) is 7.82. The van der Waals surface area contributed by atoms with Gasteiger partial charge < -0.3 is 24.3 Å². The van der Waals surface area contributed by atoms with E-state index in [-0.39, 0.29) is 12.1 Å². The Bertz CT molecular complexity index is 1380. The summed E-state index contributed by atoms with van der Waals surface area (Å²) in [4.78, 5) is 6.88. The molecule has 0 aliphatic carbocycles. The van der Waals surface area contributed by atoms with Gasteiger partial charge in [-0.2, -0.15) is 0 Å². The molecule has 5 rings (SSSR count). The fourth-order valence-corrected chi connectivity index (χ4v) is 5.42. The summed E-state index contributed by atoms with van der Waals surface area (Å²) < 4.78 is 13.8. The van der Waals surface area contributed by atoms with Crippen molar-refractivity contribution >= 4 is 23.0 Å². The van der Waals surface area contributed by atoms with E-state index < -0.39 is 0 Å². The maximum atomic E-state index is 6.14. The van der Waals surface area contributed by atoms with Crippen LogP contribution in [0.3, 0.4) is 0 Å². The minimum Gasteiger partial charge on any atom is -0.457 e. The average molecular weight is 513 g/mol. The lowest BCUT2D eigenvalue weighted by Gasteiger charge is -2.28. The number of nitrogens with one attached hydrogen (secondary N) is 1. The van der Waals surface area contributed by atoms with Crippen LogP contribution in [0.4, 0.5) is 5.69 Å². The van der Waals surface area contributed by atoms with Gasteiger partial charge in [-0.1, -0.05) is 24.3 Å². The smallest absolute Gasteiger partial charge is 0.174 e. The Morgan fingerprint density at radius 3 is 2.43 bits per heavy atom. The van der Waals surface area contributed by atoms with Gasteiger partial charge in [0.1, 0.15) is 11.5 Å². The average Bonchev–Trinajstić information content (AvgIpc) is 3.40. The van der Waals surface area contributed by atoms with Gasteiger partial charge >= 0.3 is 0 Å². The first-order valence-corrected chi connectivity index (χ1v) is 12.9. The summed E-state index contributed by atoms with van der Waals surface area (Å²) in [5.74, 6) is 1.64. The molecule has 6 nitrogen and oxygen atoms in total. The third-order valence-corrected chi connectivity index (χ3v) is 7.30. The quantitative estimate of drug-likeness (QED) is 0.275. The zero-order valence-corrected chi connectivity index (χ0v) is 22.5. The van der Waals surface area contributed by atoms with Crippen molar-refractivity contribution in [2.75, 3.05) is 18.6 Å². The number of anilines is 1. The monoisotopic (exact) mass is 512 g/mol. The number of hydrogen-bond donors (Lipinski definition) is 1. The van der Waals surface area contributed by atoms with Crippen molar-refractivity contribution in [3.63, 3.8) is 0 Å². The predicted octanol–water partition coefficient (Wildman–Crippen LogP) is 6.42. The highest BCUT2D eigenvalue weighted by Crippen LogP contribution is 2.43. The second-order valence-corrected chi connectivity index (χ2v) is 9.72. The van der Waals surface area contributed by atoms with E-state index in [1.807, 2.05) is 61.7 Å². The molecule has 1 saturated heterocycles. The molecule has 1 aliphatic rings. The molecule has 0 saturated carbocycles. The molecule has 0 radical (unpaired) electrons. The van der Waals surface area contributed by atoms with Gasteiger partial charge in [0.15, 0.2) is 5.11 Å². The summed E-state index contributed by atoms with van der Waals surface area (Å²) in [6.07, 6.45) is 1.83. The van der Waals surface area contributed by atoms with Gasteiger partial charge in [-0.05, 0) is 92.6 Å². The van der Waals surface area contributed by atoms with E-state index in [2.05, 4.69) is 57.9 Å². The van der Waals surface area contributed by atoms with Gasteiger partial charge in [0.05, 0.1) is 24.4 Å². The second-order valence-electron chi connectivity index (χ2n) is 9.33. The highest BCUT2D eigenvalue weighted by molar-refractivity contribution is 7.80. The molecule has 190 valence electrons. The molecule has 0 spiro atoms. The first-order valence-electron chi connectivity index (χ1n) is 12.5. The topological polar surface area (TPSA) is 51.5 Å². The highest BCUT2D eigenvalue weighted by atomic mass is 32.1. The van der Waals surface area contributed by atoms with Crippen LogP contribution in [0.15, 0.2) is 79.0 Å². The number of ether oxygens (including phenoxy) is 2. The van der Waals surface area contributed by atoms with Crippen molar-refractivity contribution in [2.24, 2.45) is 0 Å². The molecule has 1 N–H and O–H groups in total. The van der Waals surface area contributed by atoms with E-state index in [1.54, 1.807) is 7.11 Å². The van der Waals surface area contributed by atoms with Crippen molar-refractivity contribution in [1.29, 1.82) is 0 Å². The van der Waals surface area contributed by atoms with Gasteiger partial charge in [0, 0.05) is 36.9 Å². The van der Waals surface area contributed by atoms with Crippen molar-refractivity contribution in [1.82, 2.24) is 14.9 Å². The van der Waals surface area contributed by atoms with Crippen LogP contribution in [0.1, 0.15) is 40.3 Å². The zero-order chi connectivity index (χ0) is 25.9. The lowest BCUT2D eigenvalue weighted by molar-refractivity contribution is 0.186. The SMILES string of the molecule is COCCn1c(C)cc(C2C(c3ccccn3)NC(=S)N2c2ccc(Oc3ccccc3C)cc2)c1C. The van der Waals surface area contributed by atoms with Crippen molar-refractivity contribution in [3.8, 4) is 11.5 Å². The van der Waals surface area contributed by atoms with Crippen LogP contribution in [0.2, 0.25) is 0 Å². The van der Waals surface area contributed by atoms with Crippen LogP contribution >= 0.6 is 12.2 Å². The molecule has 2 atom stereocenters. The van der Waals surface area contributed by atoms with Crippen LogP contribution in [-0.2, 0) is 11.3 Å². The third kappa shape index (κ3) is 4.97. The Balaban J connectivity index is 1.52. The van der Waals surface area contributed by atoms with Crippen LogP contribution in [-0.4, -0.2) is 28.4 Å². The third-order valence-electron chi connectivity index (χ3n) is 6.98. The van der Waals surface area contributed by atoms with E-state index >= 15 is 0 Å². The Kier molecular flexibility index (Phi) is 7.26. The maximum absolute atomic E-state index is 6.14. The molecule has 2 aromatic heterocycles. The summed E-state index contributed by atoms with van der Waals surface area (Å²) in [5.41, 5.74) is 6.68. The number of aromatic nitrogens is 2.